The van der Waals surface area contributed by atoms with Crippen LogP contribution in [0, 0.1) is 12.7 Å². The van der Waals surface area contributed by atoms with E-state index < -0.39 is 11.9 Å². The van der Waals surface area contributed by atoms with Crippen molar-refractivity contribution in [3.63, 3.8) is 0 Å². The molecule has 0 unspecified atom stereocenters. The second kappa shape index (κ2) is 6.60. The molecule has 0 spiro atoms. The monoisotopic (exact) mass is 411 g/mol. The molecule has 6 nitrogen and oxygen atoms in total. The van der Waals surface area contributed by atoms with E-state index in [-0.39, 0.29) is 18.3 Å². The van der Waals surface area contributed by atoms with E-state index >= 15 is 0 Å². The molecule has 5 rings (SSSR count). The van der Waals surface area contributed by atoms with Crippen LogP contribution in [0.1, 0.15) is 24.0 Å². The number of benzene rings is 2. The van der Waals surface area contributed by atoms with Gasteiger partial charge in [-0.2, -0.15) is 0 Å². The van der Waals surface area contributed by atoms with Gasteiger partial charge in [0, 0.05) is 23.1 Å². The zero-order valence-electron chi connectivity index (χ0n) is 16.1. The summed E-state index contributed by atoms with van der Waals surface area (Å²) in [4.78, 5) is 13.7. The van der Waals surface area contributed by atoms with Gasteiger partial charge in [-0.15, -0.1) is 11.3 Å². The molecule has 2 aromatic heterocycles. The van der Waals surface area contributed by atoms with Crippen molar-refractivity contribution in [2.24, 2.45) is 0 Å². The third-order valence-electron chi connectivity index (χ3n) is 5.29. The summed E-state index contributed by atoms with van der Waals surface area (Å²) in [5.74, 6) is 0.0859. The lowest BCUT2D eigenvalue weighted by Crippen LogP contribution is -2.21. The number of methoxy groups -OCH3 is 1. The number of fused-ring (bicyclic) bond motifs is 4. The molecule has 0 saturated heterocycles. The molecule has 148 valence electrons. The second-order valence-corrected chi connectivity index (χ2v) is 8.19. The summed E-state index contributed by atoms with van der Waals surface area (Å²) in [5, 5.41) is 10.3. The lowest BCUT2D eigenvalue weighted by Gasteiger charge is -2.10. The lowest BCUT2D eigenvalue weighted by molar-refractivity contribution is 0.117. The minimum atomic E-state index is -0.453. The predicted molar refractivity (Wildman–Crippen MR) is 109 cm³/mol. The lowest BCUT2D eigenvalue weighted by atomic mass is 9.97. The predicted octanol–water partition coefficient (Wildman–Crippen LogP) is 4.22. The van der Waals surface area contributed by atoms with Crippen LogP contribution in [-0.4, -0.2) is 39.9 Å². The van der Waals surface area contributed by atoms with Gasteiger partial charge in [0.2, 0.25) is 5.88 Å². The normalized spacial score (nSPS) is 18.2. The Morgan fingerprint density at radius 2 is 2.07 bits per heavy atom. The summed E-state index contributed by atoms with van der Waals surface area (Å²) < 4.78 is 26.4. The van der Waals surface area contributed by atoms with Gasteiger partial charge in [0.05, 0.1) is 41.2 Å². The maximum Gasteiger partial charge on any atom is 0.232 e. The van der Waals surface area contributed by atoms with Crippen LogP contribution in [0.15, 0.2) is 24.4 Å². The summed E-state index contributed by atoms with van der Waals surface area (Å²) in [7, 11) is 1.55. The SMILES string of the molecule is COc1cnc2c(-c3nc4cc(F)c5c(c4s3)[C@@H](C)[C@H](CO)O5)cc(C)cc2n1. The average Bonchev–Trinajstić information content (AvgIpc) is 3.27. The topological polar surface area (TPSA) is 77.4 Å². The third-order valence-corrected chi connectivity index (χ3v) is 6.43. The van der Waals surface area contributed by atoms with Crippen LogP contribution in [-0.2, 0) is 0 Å². The first-order chi connectivity index (χ1) is 14.0. The number of aliphatic hydroxyl groups excluding tert-OH is 1. The van der Waals surface area contributed by atoms with Crippen LogP contribution < -0.4 is 9.47 Å². The zero-order valence-corrected chi connectivity index (χ0v) is 16.9. The molecule has 1 aliphatic rings. The van der Waals surface area contributed by atoms with E-state index in [1.165, 1.54) is 17.4 Å². The van der Waals surface area contributed by atoms with E-state index in [4.69, 9.17) is 14.5 Å². The Bertz CT molecular complexity index is 1270. The summed E-state index contributed by atoms with van der Waals surface area (Å²) in [6.07, 6.45) is 1.13. The minimum Gasteiger partial charge on any atom is -0.484 e. The number of halogens is 1. The third kappa shape index (κ3) is 2.74. The van der Waals surface area contributed by atoms with Crippen molar-refractivity contribution in [2.45, 2.75) is 25.9 Å². The van der Waals surface area contributed by atoms with Gasteiger partial charge in [-0.1, -0.05) is 6.92 Å². The molecule has 29 heavy (non-hydrogen) atoms. The molecular formula is C21H18FN3O3S. The van der Waals surface area contributed by atoms with Crippen LogP contribution in [0.25, 0.3) is 31.8 Å². The molecular weight excluding hydrogens is 393 g/mol. The molecule has 8 heteroatoms. The van der Waals surface area contributed by atoms with Gasteiger partial charge in [-0.05, 0) is 24.6 Å². The molecule has 0 amide bonds. The fourth-order valence-corrected chi connectivity index (χ4v) is 5.03. The number of nitrogens with zero attached hydrogens (tertiary/aromatic N) is 3. The van der Waals surface area contributed by atoms with Gasteiger partial charge >= 0.3 is 0 Å². The molecule has 2 atom stereocenters. The standard InChI is InChI=1S/C21H18FN3O3S/c1-9-4-11(18-13(5-9)24-16(27-3)7-23-18)21-25-14-6-12(22)19-17(20(14)29-21)10(2)15(8-26)28-19/h4-7,10,15,26H,8H2,1-3H3/t10-,15-/m0/s1. The Hall–Kier alpha value is -2.84. The van der Waals surface area contributed by atoms with E-state index in [9.17, 15) is 9.50 Å². The summed E-state index contributed by atoms with van der Waals surface area (Å²) in [6, 6.07) is 5.35. The Kier molecular flexibility index (Phi) is 4.15. The summed E-state index contributed by atoms with van der Waals surface area (Å²) >= 11 is 1.48. The van der Waals surface area contributed by atoms with Crippen molar-refractivity contribution in [2.75, 3.05) is 13.7 Å². The molecule has 0 bridgehead atoms. The summed E-state index contributed by atoms with van der Waals surface area (Å²) in [6.45, 7) is 3.75. The molecule has 4 aromatic rings. The quantitative estimate of drug-likeness (QED) is 0.544. The smallest absolute Gasteiger partial charge is 0.232 e. The number of hydrogen-bond donors (Lipinski definition) is 1. The minimum absolute atomic E-state index is 0.125. The van der Waals surface area contributed by atoms with Crippen molar-refractivity contribution < 1.29 is 19.0 Å². The molecule has 0 fully saturated rings. The van der Waals surface area contributed by atoms with Crippen molar-refractivity contribution in [1.29, 1.82) is 0 Å². The fraction of sp³-hybridized carbons (Fsp3) is 0.286. The van der Waals surface area contributed by atoms with Crippen molar-refractivity contribution in [3.8, 4) is 22.2 Å². The van der Waals surface area contributed by atoms with Crippen molar-refractivity contribution in [3.05, 3.63) is 41.3 Å². The van der Waals surface area contributed by atoms with Crippen molar-refractivity contribution >= 4 is 32.6 Å². The number of thiazole rings is 1. The Morgan fingerprint density at radius 1 is 1.24 bits per heavy atom. The molecule has 3 heterocycles. The Labute approximate surface area is 170 Å². The van der Waals surface area contributed by atoms with Crippen LogP contribution in [0.5, 0.6) is 11.6 Å². The Balaban J connectivity index is 1.75. The molecule has 1 N–H and O–H groups in total. The number of aryl methyl sites for hydroxylation is 1. The number of hydrogen-bond acceptors (Lipinski definition) is 7. The van der Waals surface area contributed by atoms with Crippen molar-refractivity contribution in [1.82, 2.24) is 15.0 Å². The molecule has 2 aromatic carbocycles. The maximum atomic E-state index is 14.6. The number of aromatic nitrogens is 3. The fourth-order valence-electron chi connectivity index (χ4n) is 3.83. The highest BCUT2D eigenvalue weighted by Crippen LogP contribution is 2.47. The highest BCUT2D eigenvalue weighted by molar-refractivity contribution is 7.22. The first-order valence-corrected chi connectivity index (χ1v) is 10.0. The van der Waals surface area contributed by atoms with Gasteiger partial charge in [0.15, 0.2) is 11.6 Å². The first kappa shape index (κ1) is 18.2. The van der Waals surface area contributed by atoms with Crippen LogP contribution in [0.2, 0.25) is 0 Å². The molecule has 0 saturated carbocycles. The van der Waals surface area contributed by atoms with Gasteiger partial charge in [-0.3, -0.25) is 0 Å². The highest BCUT2D eigenvalue weighted by atomic mass is 32.1. The van der Waals surface area contributed by atoms with E-state index in [2.05, 4.69) is 9.97 Å². The Morgan fingerprint density at radius 3 is 2.83 bits per heavy atom. The maximum absolute atomic E-state index is 14.6. The first-order valence-electron chi connectivity index (χ1n) is 9.22. The van der Waals surface area contributed by atoms with Gasteiger partial charge in [0.1, 0.15) is 11.1 Å². The largest absolute Gasteiger partial charge is 0.484 e. The van der Waals surface area contributed by atoms with E-state index in [1.54, 1.807) is 13.3 Å². The highest BCUT2D eigenvalue weighted by Gasteiger charge is 2.36. The van der Waals surface area contributed by atoms with Gasteiger partial charge < -0.3 is 14.6 Å². The van der Waals surface area contributed by atoms with Crippen LogP contribution in [0.3, 0.4) is 0 Å². The van der Waals surface area contributed by atoms with Gasteiger partial charge in [0.25, 0.3) is 0 Å². The van der Waals surface area contributed by atoms with E-state index in [0.29, 0.717) is 22.4 Å². The number of ether oxygens (including phenoxy) is 2. The second-order valence-electron chi connectivity index (χ2n) is 7.19. The number of aliphatic hydroxyl groups is 1. The van der Waals surface area contributed by atoms with E-state index in [0.717, 1.165) is 26.4 Å². The molecule has 1 aliphatic heterocycles. The molecule has 0 aliphatic carbocycles. The molecule has 0 radical (unpaired) electrons. The van der Waals surface area contributed by atoms with Gasteiger partial charge in [-0.25, -0.2) is 19.3 Å². The van der Waals surface area contributed by atoms with Crippen LogP contribution in [0.4, 0.5) is 4.39 Å². The summed E-state index contributed by atoms with van der Waals surface area (Å²) in [5.41, 5.74) is 4.63. The average molecular weight is 411 g/mol. The van der Waals surface area contributed by atoms with Crippen LogP contribution >= 0.6 is 11.3 Å². The zero-order chi connectivity index (χ0) is 20.3. The number of rotatable bonds is 3. The van der Waals surface area contributed by atoms with E-state index in [1.807, 2.05) is 26.0 Å².